The van der Waals surface area contributed by atoms with Gasteiger partial charge in [-0.05, 0) is 31.2 Å². The first-order valence-electron chi connectivity index (χ1n) is 7.51. The largest absolute Gasteiger partial charge is 0.465 e. The third kappa shape index (κ3) is 4.39. The first-order valence-corrected chi connectivity index (χ1v) is 7.51. The number of alkyl halides is 3. The third-order valence-electron chi connectivity index (χ3n) is 3.95. The molecule has 1 heterocycles. The van der Waals surface area contributed by atoms with Gasteiger partial charge in [0, 0.05) is 31.4 Å². The number of ether oxygens (including phenoxy) is 1. The highest BCUT2D eigenvalue weighted by atomic mass is 19.4. The van der Waals surface area contributed by atoms with Gasteiger partial charge in [-0.15, -0.1) is 0 Å². The van der Waals surface area contributed by atoms with Crippen LogP contribution in [0.5, 0.6) is 0 Å². The van der Waals surface area contributed by atoms with Gasteiger partial charge in [-0.2, -0.15) is 13.2 Å². The van der Waals surface area contributed by atoms with Gasteiger partial charge in [-0.1, -0.05) is 0 Å². The minimum absolute atomic E-state index is 0.231. The van der Waals surface area contributed by atoms with Gasteiger partial charge >= 0.3 is 12.1 Å². The van der Waals surface area contributed by atoms with Gasteiger partial charge in [0.2, 0.25) is 5.91 Å². The second-order valence-corrected chi connectivity index (χ2v) is 5.71. The van der Waals surface area contributed by atoms with Crippen molar-refractivity contribution in [2.24, 2.45) is 0 Å². The Morgan fingerprint density at radius 1 is 1.21 bits per heavy atom. The van der Waals surface area contributed by atoms with Crippen molar-refractivity contribution >= 4 is 17.6 Å². The number of rotatable bonds is 3. The smallest absolute Gasteiger partial charge is 0.397 e. The monoisotopic (exact) mass is 344 g/mol. The maximum Gasteiger partial charge on any atom is 0.397 e. The third-order valence-corrected chi connectivity index (χ3v) is 3.95. The Labute approximate surface area is 138 Å². The number of amides is 1. The molecule has 132 valence electrons. The minimum Gasteiger partial charge on any atom is -0.465 e. The van der Waals surface area contributed by atoms with E-state index in [1.807, 2.05) is 4.90 Å². The van der Waals surface area contributed by atoms with Crippen molar-refractivity contribution in [3.8, 4) is 0 Å². The summed E-state index contributed by atoms with van der Waals surface area (Å²) in [5.74, 6) is -1.33. The second kappa shape index (κ2) is 7.11. The van der Waals surface area contributed by atoms with Gasteiger partial charge in [0.15, 0.2) is 0 Å². The number of carbonyl (C=O) groups excluding carboxylic acids is 2. The lowest BCUT2D eigenvalue weighted by molar-refractivity contribution is -0.163. The summed E-state index contributed by atoms with van der Waals surface area (Å²) in [4.78, 5) is 26.4. The Balaban J connectivity index is 2.00. The number of hydrogen-bond acceptors (Lipinski definition) is 4. The fourth-order valence-electron chi connectivity index (χ4n) is 2.76. The van der Waals surface area contributed by atoms with Crippen LogP contribution in [0, 0.1) is 0 Å². The van der Waals surface area contributed by atoms with Crippen LogP contribution in [0.25, 0.3) is 0 Å². The Morgan fingerprint density at radius 3 is 2.33 bits per heavy atom. The van der Waals surface area contributed by atoms with Gasteiger partial charge in [0.05, 0.1) is 12.7 Å². The fraction of sp³-hybridized carbons (Fsp3) is 0.500. The number of anilines is 1. The van der Waals surface area contributed by atoms with E-state index in [4.69, 9.17) is 0 Å². The van der Waals surface area contributed by atoms with E-state index in [1.54, 1.807) is 31.2 Å². The summed E-state index contributed by atoms with van der Waals surface area (Å²) in [5, 5.41) is 0. The quantitative estimate of drug-likeness (QED) is 0.791. The molecule has 0 radical (unpaired) electrons. The molecule has 24 heavy (non-hydrogen) atoms. The van der Waals surface area contributed by atoms with Crippen LogP contribution >= 0.6 is 0 Å². The molecule has 1 atom stereocenters. The van der Waals surface area contributed by atoms with E-state index in [-0.39, 0.29) is 12.6 Å². The molecule has 1 fully saturated rings. The molecule has 0 aromatic heterocycles. The summed E-state index contributed by atoms with van der Waals surface area (Å²) >= 11 is 0. The van der Waals surface area contributed by atoms with Gasteiger partial charge in [0.25, 0.3) is 0 Å². The highest BCUT2D eigenvalue weighted by molar-refractivity contribution is 5.89. The SMILES string of the molecule is COC(=O)c1ccc(N2CCN(C(=O)CC(F)(F)F)[C@H](C)C2)cc1. The molecular weight excluding hydrogens is 325 g/mol. The molecule has 2 rings (SSSR count). The predicted molar refractivity (Wildman–Crippen MR) is 81.8 cm³/mol. The molecule has 0 aliphatic carbocycles. The molecular formula is C16H19F3N2O3. The van der Waals surface area contributed by atoms with E-state index in [1.165, 1.54) is 12.0 Å². The summed E-state index contributed by atoms with van der Waals surface area (Å²) in [7, 11) is 1.30. The number of esters is 1. The van der Waals surface area contributed by atoms with Crippen molar-refractivity contribution < 1.29 is 27.5 Å². The van der Waals surface area contributed by atoms with E-state index in [2.05, 4.69) is 4.74 Å². The average molecular weight is 344 g/mol. The Hall–Kier alpha value is -2.25. The van der Waals surface area contributed by atoms with Gasteiger partial charge in [-0.3, -0.25) is 4.79 Å². The van der Waals surface area contributed by atoms with Gasteiger partial charge in [-0.25, -0.2) is 4.79 Å². The van der Waals surface area contributed by atoms with Crippen LogP contribution < -0.4 is 4.90 Å². The lowest BCUT2D eigenvalue weighted by Crippen LogP contribution is -2.54. The van der Waals surface area contributed by atoms with Crippen LogP contribution in [-0.4, -0.2) is 55.7 Å². The maximum atomic E-state index is 12.4. The molecule has 1 aromatic rings. The zero-order valence-corrected chi connectivity index (χ0v) is 13.5. The molecule has 0 unspecified atom stereocenters. The van der Waals surface area contributed by atoms with Gasteiger partial charge in [0.1, 0.15) is 6.42 Å². The molecule has 1 aliphatic rings. The normalized spacial score (nSPS) is 18.5. The van der Waals surface area contributed by atoms with Crippen molar-refractivity contribution in [2.75, 3.05) is 31.6 Å². The molecule has 0 N–H and O–H groups in total. The predicted octanol–water partition coefficient (Wildman–Crippen LogP) is 2.46. The zero-order valence-electron chi connectivity index (χ0n) is 13.5. The van der Waals surface area contributed by atoms with Crippen LogP contribution in [-0.2, 0) is 9.53 Å². The summed E-state index contributed by atoms with van der Waals surface area (Å²) < 4.78 is 41.7. The van der Waals surface area contributed by atoms with Crippen molar-refractivity contribution in [3.63, 3.8) is 0 Å². The van der Waals surface area contributed by atoms with Crippen LogP contribution in [0.2, 0.25) is 0 Å². The van der Waals surface area contributed by atoms with E-state index < -0.39 is 24.5 Å². The number of carbonyl (C=O) groups is 2. The molecule has 0 saturated carbocycles. The number of hydrogen-bond donors (Lipinski definition) is 0. The van der Waals surface area contributed by atoms with E-state index in [0.29, 0.717) is 18.7 Å². The molecule has 1 saturated heterocycles. The number of methoxy groups -OCH3 is 1. The van der Waals surface area contributed by atoms with Crippen molar-refractivity contribution in [2.45, 2.75) is 25.6 Å². The summed E-state index contributed by atoms with van der Waals surface area (Å²) in [6, 6.07) is 6.45. The lowest BCUT2D eigenvalue weighted by atomic mass is 10.1. The van der Waals surface area contributed by atoms with Crippen molar-refractivity contribution in [1.82, 2.24) is 4.90 Å². The number of halogens is 3. The second-order valence-electron chi connectivity index (χ2n) is 5.71. The molecule has 1 aromatic carbocycles. The number of piperazine rings is 1. The summed E-state index contributed by atoms with van der Waals surface area (Å²) in [5.41, 5.74) is 1.27. The first-order chi connectivity index (χ1) is 11.2. The van der Waals surface area contributed by atoms with Crippen LogP contribution in [0.4, 0.5) is 18.9 Å². The van der Waals surface area contributed by atoms with Crippen LogP contribution in [0.15, 0.2) is 24.3 Å². The Kier molecular flexibility index (Phi) is 5.36. The molecule has 0 spiro atoms. The van der Waals surface area contributed by atoms with E-state index in [0.717, 1.165) is 5.69 Å². The molecule has 5 nitrogen and oxygen atoms in total. The molecule has 1 aliphatic heterocycles. The van der Waals surface area contributed by atoms with Crippen LogP contribution in [0.3, 0.4) is 0 Å². The standard InChI is InChI=1S/C16H19F3N2O3/c1-11-10-20(7-8-21(11)14(22)9-16(17,18)19)13-5-3-12(4-6-13)15(23)24-2/h3-6,11H,7-10H2,1-2H3/t11-/m1/s1. The minimum atomic E-state index is -4.49. The molecule has 8 heteroatoms. The van der Waals surface area contributed by atoms with Crippen molar-refractivity contribution in [1.29, 1.82) is 0 Å². The zero-order chi connectivity index (χ0) is 17.9. The first kappa shape index (κ1) is 18.1. The van der Waals surface area contributed by atoms with Gasteiger partial charge < -0.3 is 14.5 Å². The van der Waals surface area contributed by atoms with E-state index >= 15 is 0 Å². The summed E-state index contributed by atoms with van der Waals surface area (Å²) in [6.45, 7) is 2.82. The number of nitrogens with zero attached hydrogens (tertiary/aromatic N) is 2. The Morgan fingerprint density at radius 2 is 1.83 bits per heavy atom. The summed E-state index contributed by atoms with van der Waals surface area (Å²) in [6.07, 6.45) is -5.91. The average Bonchev–Trinajstić information content (AvgIpc) is 2.52. The highest BCUT2D eigenvalue weighted by Gasteiger charge is 2.36. The number of benzene rings is 1. The Bertz CT molecular complexity index is 602. The highest BCUT2D eigenvalue weighted by Crippen LogP contribution is 2.24. The maximum absolute atomic E-state index is 12.4. The topological polar surface area (TPSA) is 49.9 Å². The lowest BCUT2D eigenvalue weighted by Gasteiger charge is -2.41. The molecule has 0 bridgehead atoms. The van der Waals surface area contributed by atoms with Crippen molar-refractivity contribution in [3.05, 3.63) is 29.8 Å². The molecule has 1 amide bonds. The van der Waals surface area contributed by atoms with E-state index in [9.17, 15) is 22.8 Å². The van der Waals surface area contributed by atoms with Crippen LogP contribution in [0.1, 0.15) is 23.7 Å². The fourth-order valence-corrected chi connectivity index (χ4v) is 2.76.